The summed E-state index contributed by atoms with van der Waals surface area (Å²) in [6.45, 7) is 1.28. The van der Waals surface area contributed by atoms with Crippen LogP contribution in [0.4, 0.5) is 4.39 Å². The van der Waals surface area contributed by atoms with Crippen molar-refractivity contribution in [1.82, 2.24) is 9.88 Å². The Morgan fingerprint density at radius 2 is 2.41 bits per heavy atom. The van der Waals surface area contributed by atoms with Crippen LogP contribution in [0.3, 0.4) is 0 Å². The third kappa shape index (κ3) is 2.79. The smallest absolute Gasteiger partial charge is 0.255 e. The van der Waals surface area contributed by atoms with Gasteiger partial charge >= 0.3 is 0 Å². The number of carbonyl (C=O) groups excluding carboxylic acids is 1. The van der Waals surface area contributed by atoms with Crippen LogP contribution in [0.5, 0.6) is 0 Å². The number of aliphatic hydroxyl groups is 1. The van der Waals surface area contributed by atoms with Gasteiger partial charge in [0.25, 0.3) is 5.91 Å². The van der Waals surface area contributed by atoms with Crippen LogP contribution in [-0.2, 0) is 0 Å². The average molecular weight is 238 g/mol. The highest BCUT2D eigenvalue weighted by Crippen LogP contribution is 2.18. The van der Waals surface area contributed by atoms with E-state index in [4.69, 9.17) is 5.11 Å². The lowest BCUT2D eigenvalue weighted by atomic mass is 9.98. The van der Waals surface area contributed by atoms with Gasteiger partial charge < -0.3 is 10.0 Å². The highest BCUT2D eigenvalue weighted by molar-refractivity contribution is 5.93. The SMILES string of the molecule is O=C(c1cncc(F)c1)N1CCC[C@H](CO)C1. The van der Waals surface area contributed by atoms with Crippen LogP contribution in [0.2, 0.25) is 0 Å². The van der Waals surface area contributed by atoms with Crippen molar-refractivity contribution < 1.29 is 14.3 Å². The van der Waals surface area contributed by atoms with Crippen molar-refractivity contribution in [2.24, 2.45) is 5.92 Å². The predicted octanol–water partition coefficient (Wildman–Crippen LogP) is 1.07. The molecular formula is C12H15FN2O2. The molecule has 1 aromatic rings. The van der Waals surface area contributed by atoms with Gasteiger partial charge in [0.1, 0.15) is 5.82 Å². The Hall–Kier alpha value is -1.49. The molecule has 1 fully saturated rings. The Bertz CT molecular complexity index is 411. The van der Waals surface area contributed by atoms with Crippen molar-refractivity contribution in [2.75, 3.05) is 19.7 Å². The zero-order chi connectivity index (χ0) is 12.3. The van der Waals surface area contributed by atoms with E-state index in [9.17, 15) is 9.18 Å². The molecule has 1 atom stereocenters. The standard InChI is InChI=1S/C12H15FN2O2/c13-11-4-10(5-14-6-11)12(17)15-3-1-2-9(7-15)8-16/h4-6,9,16H,1-3,7-8H2/t9-/m0/s1. The first-order valence-corrected chi connectivity index (χ1v) is 5.71. The van der Waals surface area contributed by atoms with Crippen molar-refractivity contribution in [2.45, 2.75) is 12.8 Å². The van der Waals surface area contributed by atoms with Gasteiger partial charge in [0, 0.05) is 25.9 Å². The zero-order valence-electron chi connectivity index (χ0n) is 9.47. The summed E-state index contributed by atoms with van der Waals surface area (Å²) in [7, 11) is 0. The van der Waals surface area contributed by atoms with Gasteiger partial charge in [0.2, 0.25) is 0 Å². The van der Waals surface area contributed by atoms with Gasteiger partial charge in [-0.15, -0.1) is 0 Å². The molecule has 1 aliphatic rings. The minimum Gasteiger partial charge on any atom is -0.396 e. The van der Waals surface area contributed by atoms with E-state index in [-0.39, 0.29) is 24.0 Å². The number of pyridine rings is 1. The van der Waals surface area contributed by atoms with E-state index in [1.165, 1.54) is 12.3 Å². The van der Waals surface area contributed by atoms with Gasteiger partial charge in [-0.1, -0.05) is 0 Å². The Balaban J connectivity index is 2.09. The first-order valence-electron chi connectivity index (χ1n) is 5.71. The van der Waals surface area contributed by atoms with Crippen molar-refractivity contribution in [3.63, 3.8) is 0 Å². The number of nitrogens with zero attached hydrogens (tertiary/aromatic N) is 2. The maximum absolute atomic E-state index is 13.0. The van der Waals surface area contributed by atoms with Gasteiger partial charge in [-0.2, -0.15) is 0 Å². The molecule has 1 saturated heterocycles. The molecule has 17 heavy (non-hydrogen) atoms. The number of halogens is 1. The van der Waals surface area contributed by atoms with Gasteiger partial charge in [0.15, 0.2) is 0 Å². The normalized spacial score (nSPS) is 20.4. The number of likely N-dealkylation sites (tertiary alicyclic amines) is 1. The summed E-state index contributed by atoms with van der Waals surface area (Å²) in [6, 6.07) is 1.19. The highest BCUT2D eigenvalue weighted by atomic mass is 19.1. The van der Waals surface area contributed by atoms with E-state index in [0.29, 0.717) is 13.1 Å². The first-order chi connectivity index (χ1) is 8.20. The molecule has 0 radical (unpaired) electrons. The predicted molar refractivity (Wildman–Crippen MR) is 59.9 cm³/mol. The Labute approximate surface area is 99.1 Å². The molecule has 1 amide bonds. The second-order valence-corrected chi connectivity index (χ2v) is 4.33. The van der Waals surface area contributed by atoms with Crippen LogP contribution in [0, 0.1) is 11.7 Å². The summed E-state index contributed by atoms with van der Waals surface area (Å²) < 4.78 is 13.0. The van der Waals surface area contributed by atoms with E-state index >= 15 is 0 Å². The van der Waals surface area contributed by atoms with E-state index in [0.717, 1.165) is 19.0 Å². The molecule has 0 unspecified atom stereocenters. The second-order valence-electron chi connectivity index (χ2n) is 4.33. The molecule has 2 heterocycles. The van der Waals surface area contributed by atoms with Crippen molar-refractivity contribution in [1.29, 1.82) is 0 Å². The number of hydrogen-bond acceptors (Lipinski definition) is 3. The van der Waals surface area contributed by atoms with Crippen LogP contribution >= 0.6 is 0 Å². The quantitative estimate of drug-likeness (QED) is 0.838. The minimum atomic E-state index is -0.508. The number of hydrogen-bond donors (Lipinski definition) is 1. The van der Waals surface area contributed by atoms with E-state index in [1.807, 2.05) is 0 Å². The fraction of sp³-hybridized carbons (Fsp3) is 0.500. The lowest BCUT2D eigenvalue weighted by Crippen LogP contribution is -2.41. The number of aromatic nitrogens is 1. The van der Waals surface area contributed by atoms with Gasteiger partial charge in [-0.05, 0) is 24.8 Å². The minimum absolute atomic E-state index is 0.0885. The van der Waals surface area contributed by atoms with E-state index < -0.39 is 5.82 Å². The number of carbonyl (C=O) groups is 1. The Morgan fingerprint density at radius 3 is 3.12 bits per heavy atom. The van der Waals surface area contributed by atoms with Crippen LogP contribution in [0.1, 0.15) is 23.2 Å². The molecule has 0 spiro atoms. The van der Waals surface area contributed by atoms with Crippen LogP contribution in [-0.4, -0.2) is 40.6 Å². The van der Waals surface area contributed by atoms with Gasteiger partial charge in [-0.3, -0.25) is 9.78 Å². The lowest BCUT2D eigenvalue weighted by Gasteiger charge is -2.31. The maximum Gasteiger partial charge on any atom is 0.255 e. The molecule has 5 heteroatoms. The summed E-state index contributed by atoms with van der Waals surface area (Å²) in [5.41, 5.74) is 0.267. The third-order valence-corrected chi connectivity index (χ3v) is 3.02. The van der Waals surface area contributed by atoms with E-state index in [2.05, 4.69) is 4.98 Å². The number of amides is 1. The molecule has 0 bridgehead atoms. The molecule has 0 aliphatic carbocycles. The molecule has 2 rings (SSSR count). The topological polar surface area (TPSA) is 53.4 Å². The molecule has 0 aromatic carbocycles. The second kappa shape index (κ2) is 5.23. The summed E-state index contributed by atoms with van der Waals surface area (Å²) >= 11 is 0. The van der Waals surface area contributed by atoms with Crippen LogP contribution in [0.25, 0.3) is 0 Å². The summed E-state index contributed by atoms with van der Waals surface area (Å²) in [5, 5.41) is 9.09. The van der Waals surface area contributed by atoms with Gasteiger partial charge in [-0.25, -0.2) is 4.39 Å². The summed E-state index contributed by atoms with van der Waals surface area (Å²) in [4.78, 5) is 17.4. The van der Waals surface area contributed by atoms with Crippen LogP contribution < -0.4 is 0 Å². The number of aliphatic hydroxyl groups excluding tert-OH is 1. The highest BCUT2D eigenvalue weighted by Gasteiger charge is 2.24. The summed E-state index contributed by atoms with van der Waals surface area (Å²) in [5.74, 6) is -0.587. The molecule has 92 valence electrons. The molecule has 0 saturated carbocycles. The van der Waals surface area contributed by atoms with E-state index in [1.54, 1.807) is 4.90 Å². The lowest BCUT2D eigenvalue weighted by molar-refractivity contribution is 0.0620. The molecule has 1 aliphatic heterocycles. The Morgan fingerprint density at radius 1 is 1.59 bits per heavy atom. The number of piperidine rings is 1. The van der Waals surface area contributed by atoms with Gasteiger partial charge in [0.05, 0.1) is 11.8 Å². The molecule has 1 aromatic heterocycles. The number of rotatable bonds is 2. The van der Waals surface area contributed by atoms with Crippen LogP contribution in [0.15, 0.2) is 18.5 Å². The zero-order valence-corrected chi connectivity index (χ0v) is 9.47. The molecule has 1 N–H and O–H groups in total. The summed E-state index contributed by atoms with van der Waals surface area (Å²) in [6.07, 6.45) is 4.25. The fourth-order valence-corrected chi connectivity index (χ4v) is 2.11. The van der Waals surface area contributed by atoms with Crippen molar-refractivity contribution in [3.8, 4) is 0 Å². The third-order valence-electron chi connectivity index (χ3n) is 3.02. The fourth-order valence-electron chi connectivity index (χ4n) is 2.11. The van der Waals surface area contributed by atoms with Crippen molar-refractivity contribution >= 4 is 5.91 Å². The first kappa shape index (κ1) is 12.0. The largest absolute Gasteiger partial charge is 0.396 e. The molecular weight excluding hydrogens is 223 g/mol. The average Bonchev–Trinajstić information content (AvgIpc) is 2.38. The monoisotopic (exact) mass is 238 g/mol. The Kier molecular flexibility index (Phi) is 3.68. The maximum atomic E-state index is 13.0. The van der Waals surface area contributed by atoms with Crippen molar-refractivity contribution in [3.05, 3.63) is 29.8 Å². The molecule has 4 nitrogen and oxygen atoms in total.